The fourth-order valence-corrected chi connectivity index (χ4v) is 4.71. The average molecular weight is 409 g/mol. The lowest BCUT2D eigenvalue weighted by molar-refractivity contribution is -0.138. The van der Waals surface area contributed by atoms with Crippen molar-refractivity contribution in [3.63, 3.8) is 0 Å². The summed E-state index contributed by atoms with van der Waals surface area (Å²) in [5.74, 6) is 1.36. The highest BCUT2D eigenvalue weighted by atomic mass is 16.3. The van der Waals surface area contributed by atoms with Crippen LogP contribution in [0, 0.1) is 18.8 Å². The number of piperidine rings is 2. The smallest absolute Gasteiger partial charge is 0.289 e. The number of nitrogens with zero attached hydrogens (tertiary/aromatic N) is 2. The second-order valence-electron chi connectivity index (χ2n) is 8.84. The maximum atomic E-state index is 13.0. The van der Waals surface area contributed by atoms with Crippen LogP contribution in [-0.4, -0.2) is 47.8 Å². The summed E-state index contributed by atoms with van der Waals surface area (Å²) in [5.41, 5.74) is 2.72. The largest absolute Gasteiger partial charge is 0.459 e. The molecular formula is C25H32N2O3. The zero-order valence-corrected chi connectivity index (χ0v) is 17.9. The molecule has 0 spiro atoms. The van der Waals surface area contributed by atoms with Crippen LogP contribution in [0.1, 0.15) is 53.8 Å². The van der Waals surface area contributed by atoms with E-state index < -0.39 is 0 Å². The third kappa shape index (κ3) is 4.94. The molecule has 4 rings (SSSR count). The molecule has 2 aliphatic rings. The van der Waals surface area contributed by atoms with Crippen LogP contribution >= 0.6 is 0 Å². The van der Waals surface area contributed by atoms with Gasteiger partial charge in [0.25, 0.3) is 5.91 Å². The number of aryl methyl sites for hydroxylation is 2. The van der Waals surface area contributed by atoms with E-state index in [1.807, 2.05) is 0 Å². The van der Waals surface area contributed by atoms with Gasteiger partial charge in [0, 0.05) is 32.1 Å². The molecule has 2 aromatic rings. The van der Waals surface area contributed by atoms with Gasteiger partial charge in [0.15, 0.2) is 5.76 Å². The molecule has 0 radical (unpaired) electrons. The van der Waals surface area contributed by atoms with Crippen LogP contribution in [0.25, 0.3) is 0 Å². The van der Waals surface area contributed by atoms with Gasteiger partial charge in [-0.3, -0.25) is 9.59 Å². The molecule has 2 saturated heterocycles. The van der Waals surface area contributed by atoms with Gasteiger partial charge in [-0.05, 0) is 69.1 Å². The van der Waals surface area contributed by atoms with Crippen molar-refractivity contribution in [2.45, 2.75) is 45.4 Å². The first-order valence-corrected chi connectivity index (χ1v) is 11.3. The minimum absolute atomic E-state index is 0.0507. The summed E-state index contributed by atoms with van der Waals surface area (Å²) in [4.78, 5) is 29.2. The van der Waals surface area contributed by atoms with Crippen molar-refractivity contribution >= 4 is 11.8 Å². The number of rotatable bonds is 5. The van der Waals surface area contributed by atoms with Crippen LogP contribution in [-0.2, 0) is 11.2 Å². The third-order valence-electron chi connectivity index (χ3n) is 6.75. The molecule has 0 saturated carbocycles. The summed E-state index contributed by atoms with van der Waals surface area (Å²) >= 11 is 0. The van der Waals surface area contributed by atoms with Crippen molar-refractivity contribution in [2.24, 2.45) is 11.8 Å². The summed E-state index contributed by atoms with van der Waals surface area (Å²) < 4.78 is 5.21. The Morgan fingerprint density at radius 2 is 1.60 bits per heavy atom. The van der Waals surface area contributed by atoms with Crippen LogP contribution < -0.4 is 0 Å². The molecule has 0 unspecified atom stereocenters. The normalized spacial score (nSPS) is 18.6. The Morgan fingerprint density at radius 1 is 0.933 bits per heavy atom. The Balaban J connectivity index is 1.19. The highest BCUT2D eigenvalue weighted by molar-refractivity contribution is 5.91. The summed E-state index contributed by atoms with van der Waals surface area (Å²) in [6.07, 6.45) is 7.56. The molecule has 0 atom stereocenters. The van der Waals surface area contributed by atoms with E-state index in [2.05, 4.69) is 36.1 Å². The molecule has 2 aliphatic heterocycles. The van der Waals surface area contributed by atoms with Crippen molar-refractivity contribution in [3.8, 4) is 0 Å². The van der Waals surface area contributed by atoms with E-state index in [9.17, 15) is 9.59 Å². The monoisotopic (exact) mass is 408 g/mol. The number of hydrogen-bond donors (Lipinski definition) is 0. The number of benzene rings is 1. The van der Waals surface area contributed by atoms with Crippen LogP contribution in [0.3, 0.4) is 0 Å². The van der Waals surface area contributed by atoms with Gasteiger partial charge >= 0.3 is 0 Å². The van der Waals surface area contributed by atoms with Crippen molar-refractivity contribution in [1.29, 1.82) is 0 Å². The predicted molar refractivity (Wildman–Crippen MR) is 116 cm³/mol. The van der Waals surface area contributed by atoms with Crippen molar-refractivity contribution < 1.29 is 14.0 Å². The Kier molecular flexibility index (Phi) is 6.56. The first-order chi connectivity index (χ1) is 14.6. The summed E-state index contributed by atoms with van der Waals surface area (Å²) in [5, 5.41) is 0. The summed E-state index contributed by atoms with van der Waals surface area (Å²) in [6, 6.07) is 12.3. The SMILES string of the molecule is Cc1ccc(CCC2CCN(C(=O)C3CCN(C(=O)c4ccco4)CC3)CC2)cc1. The maximum absolute atomic E-state index is 13.0. The zero-order valence-electron chi connectivity index (χ0n) is 17.9. The number of amides is 2. The van der Waals surface area contributed by atoms with Crippen molar-refractivity contribution in [1.82, 2.24) is 9.80 Å². The van der Waals surface area contributed by atoms with Gasteiger partial charge in [0.2, 0.25) is 5.91 Å². The van der Waals surface area contributed by atoms with Gasteiger partial charge in [0.05, 0.1) is 6.26 Å². The predicted octanol–water partition coefficient (Wildman–Crippen LogP) is 4.31. The van der Waals surface area contributed by atoms with E-state index in [1.54, 1.807) is 17.0 Å². The van der Waals surface area contributed by atoms with Crippen LogP contribution in [0.5, 0.6) is 0 Å². The number of carbonyl (C=O) groups is 2. The first-order valence-electron chi connectivity index (χ1n) is 11.3. The molecule has 160 valence electrons. The molecule has 0 N–H and O–H groups in total. The van der Waals surface area contributed by atoms with E-state index in [1.165, 1.54) is 23.8 Å². The highest BCUT2D eigenvalue weighted by Gasteiger charge is 2.32. The second kappa shape index (κ2) is 9.50. The average Bonchev–Trinajstić information content (AvgIpc) is 3.33. The molecule has 1 aromatic heterocycles. The fourth-order valence-electron chi connectivity index (χ4n) is 4.71. The van der Waals surface area contributed by atoms with E-state index >= 15 is 0 Å². The standard InChI is InChI=1S/C25H32N2O3/c1-19-4-6-20(7-5-19)8-9-21-10-14-26(15-11-21)24(28)22-12-16-27(17-13-22)25(29)23-3-2-18-30-23/h2-7,18,21-22H,8-17H2,1H3. The number of carbonyl (C=O) groups excluding carboxylic acids is 2. The van der Waals surface area contributed by atoms with Gasteiger partial charge in [-0.1, -0.05) is 29.8 Å². The van der Waals surface area contributed by atoms with Gasteiger partial charge in [-0.2, -0.15) is 0 Å². The maximum Gasteiger partial charge on any atom is 0.289 e. The lowest BCUT2D eigenvalue weighted by Gasteiger charge is -2.37. The van der Waals surface area contributed by atoms with E-state index in [0.29, 0.717) is 24.8 Å². The molecule has 2 fully saturated rings. The van der Waals surface area contributed by atoms with E-state index in [4.69, 9.17) is 4.42 Å². The molecular weight excluding hydrogens is 376 g/mol. The molecule has 5 heteroatoms. The number of furan rings is 1. The van der Waals surface area contributed by atoms with Crippen molar-refractivity contribution in [3.05, 3.63) is 59.5 Å². The first kappa shape index (κ1) is 20.7. The molecule has 30 heavy (non-hydrogen) atoms. The zero-order chi connectivity index (χ0) is 20.9. The van der Waals surface area contributed by atoms with Gasteiger partial charge in [-0.25, -0.2) is 0 Å². The molecule has 2 amide bonds. The second-order valence-corrected chi connectivity index (χ2v) is 8.84. The summed E-state index contributed by atoms with van der Waals surface area (Å²) in [7, 11) is 0. The minimum Gasteiger partial charge on any atom is -0.459 e. The Morgan fingerprint density at radius 3 is 2.23 bits per heavy atom. The summed E-state index contributed by atoms with van der Waals surface area (Å²) in [6.45, 7) is 5.13. The Bertz CT molecular complexity index is 828. The lowest BCUT2D eigenvalue weighted by Crippen LogP contribution is -2.46. The van der Waals surface area contributed by atoms with Gasteiger partial charge in [0.1, 0.15) is 0 Å². The Hall–Kier alpha value is -2.56. The number of likely N-dealkylation sites (tertiary alicyclic amines) is 2. The van der Waals surface area contributed by atoms with Crippen LogP contribution in [0.15, 0.2) is 47.1 Å². The van der Waals surface area contributed by atoms with Crippen molar-refractivity contribution in [2.75, 3.05) is 26.2 Å². The van der Waals surface area contributed by atoms with Gasteiger partial charge in [-0.15, -0.1) is 0 Å². The molecule has 0 aliphatic carbocycles. The van der Waals surface area contributed by atoms with Gasteiger partial charge < -0.3 is 14.2 Å². The minimum atomic E-state index is -0.0692. The quantitative estimate of drug-likeness (QED) is 0.741. The van der Waals surface area contributed by atoms with Crippen LogP contribution in [0.2, 0.25) is 0 Å². The molecule has 0 bridgehead atoms. The third-order valence-corrected chi connectivity index (χ3v) is 6.75. The highest BCUT2D eigenvalue weighted by Crippen LogP contribution is 2.27. The topological polar surface area (TPSA) is 53.8 Å². The molecule has 1 aromatic carbocycles. The number of hydrogen-bond acceptors (Lipinski definition) is 3. The molecule has 3 heterocycles. The Labute approximate surface area is 179 Å². The van der Waals surface area contributed by atoms with E-state index in [-0.39, 0.29) is 17.7 Å². The van der Waals surface area contributed by atoms with E-state index in [0.717, 1.165) is 45.2 Å². The van der Waals surface area contributed by atoms with Crippen LogP contribution in [0.4, 0.5) is 0 Å². The molecule has 5 nitrogen and oxygen atoms in total. The fraction of sp³-hybridized carbons (Fsp3) is 0.520. The lowest BCUT2D eigenvalue weighted by atomic mass is 9.89.